The first-order chi connectivity index (χ1) is 11.0. The summed E-state index contributed by atoms with van der Waals surface area (Å²) in [4.78, 5) is 12.3. The molecule has 0 saturated carbocycles. The molecule has 4 N–H and O–H groups in total. The maximum absolute atomic E-state index is 12.3. The molecule has 8 nitrogen and oxygen atoms in total. The fraction of sp³-hybridized carbons (Fsp3) is 0.400. The van der Waals surface area contributed by atoms with Gasteiger partial charge in [-0.25, -0.2) is 0 Å². The second kappa shape index (κ2) is 4.85. The smallest absolute Gasteiger partial charge is 0.256 e. The Morgan fingerprint density at radius 1 is 1.30 bits per heavy atom. The molecule has 4 rings (SSSR count). The van der Waals surface area contributed by atoms with E-state index in [1.807, 2.05) is 0 Å². The molecule has 2 heterocycles. The van der Waals surface area contributed by atoms with Crippen LogP contribution in [0.2, 0.25) is 0 Å². The van der Waals surface area contributed by atoms with Gasteiger partial charge in [-0.1, -0.05) is 0 Å². The molecule has 0 aromatic heterocycles. The SMILES string of the molecule is COC1C=C2c3cc4c(c(O)c3C(=O)NC2C(O)C1O)OCO4. The van der Waals surface area contributed by atoms with Gasteiger partial charge in [0.15, 0.2) is 11.5 Å². The zero-order chi connectivity index (χ0) is 16.3. The Balaban J connectivity index is 1.94. The zero-order valence-electron chi connectivity index (χ0n) is 12.1. The van der Waals surface area contributed by atoms with Crippen LogP contribution < -0.4 is 14.8 Å². The van der Waals surface area contributed by atoms with Crippen LogP contribution in [-0.2, 0) is 4.74 Å². The van der Waals surface area contributed by atoms with Gasteiger partial charge in [-0.05, 0) is 17.7 Å². The quantitative estimate of drug-likeness (QED) is 0.544. The number of carbonyl (C=O) groups is 1. The molecule has 0 bridgehead atoms. The van der Waals surface area contributed by atoms with Crippen LogP contribution >= 0.6 is 0 Å². The highest BCUT2D eigenvalue weighted by Crippen LogP contribution is 2.48. The van der Waals surface area contributed by atoms with Gasteiger partial charge in [-0.15, -0.1) is 0 Å². The van der Waals surface area contributed by atoms with E-state index in [1.54, 1.807) is 12.1 Å². The largest absolute Gasteiger partial charge is 0.504 e. The predicted molar refractivity (Wildman–Crippen MR) is 76.3 cm³/mol. The summed E-state index contributed by atoms with van der Waals surface area (Å²) in [6.07, 6.45) is -1.50. The summed E-state index contributed by atoms with van der Waals surface area (Å²) in [7, 11) is 1.41. The number of phenols is 1. The van der Waals surface area contributed by atoms with Gasteiger partial charge >= 0.3 is 0 Å². The first-order valence-electron chi connectivity index (χ1n) is 7.10. The topological polar surface area (TPSA) is 117 Å². The summed E-state index contributed by atoms with van der Waals surface area (Å²) in [5, 5.41) is 33.3. The highest BCUT2D eigenvalue weighted by atomic mass is 16.7. The van der Waals surface area contributed by atoms with Crippen molar-refractivity contribution in [2.45, 2.75) is 24.4 Å². The molecule has 0 spiro atoms. The number of amides is 1. The molecule has 0 radical (unpaired) electrons. The lowest BCUT2D eigenvalue weighted by Gasteiger charge is -2.40. The minimum absolute atomic E-state index is 0.0437. The Labute approximate surface area is 130 Å². The van der Waals surface area contributed by atoms with Gasteiger partial charge in [-0.2, -0.15) is 0 Å². The van der Waals surface area contributed by atoms with Gasteiger partial charge in [0.05, 0.1) is 11.6 Å². The first-order valence-corrected chi connectivity index (χ1v) is 7.10. The van der Waals surface area contributed by atoms with Crippen molar-refractivity contribution in [2.24, 2.45) is 0 Å². The average molecular weight is 321 g/mol. The number of carbonyl (C=O) groups excluding carboxylic acids is 1. The van der Waals surface area contributed by atoms with Gasteiger partial charge in [-0.3, -0.25) is 4.79 Å². The third-order valence-electron chi connectivity index (χ3n) is 4.44. The van der Waals surface area contributed by atoms with Crippen molar-refractivity contribution in [3.05, 3.63) is 23.3 Å². The number of aromatic hydroxyl groups is 1. The van der Waals surface area contributed by atoms with Crippen molar-refractivity contribution in [2.75, 3.05) is 13.9 Å². The summed E-state index contributed by atoms with van der Waals surface area (Å²) in [6.45, 7) is -0.0437. The fourth-order valence-electron chi connectivity index (χ4n) is 3.28. The van der Waals surface area contributed by atoms with Crippen LogP contribution in [0.5, 0.6) is 17.2 Å². The summed E-state index contributed by atoms with van der Waals surface area (Å²) >= 11 is 0. The second-order valence-electron chi connectivity index (χ2n) is 5.64. The van der Waals surface area contributed by atoms with Crippen LogP contribution in [0.1, 0.15) is 15.9 Å². The molecule has 1 aromatic carbocycles. The lowest BCUT2D eigenvalue weighted by Crippen LogP contribution is -2.57. The van der Waals surface area contributed by atoms with E-state index in [9.17, 15) is 20.1 Å². The first kappa shape index (κ1) is 14.3. The lowest BCUT2D eigenvalue weighted by atomic mass is 9.79. The molecular weight excluding hydrogens is 306 g/mol. The minimum Gasteiger partial charge on any atom is -0.504 e. The molecular formula is C15H15NO7. The number of nitrogens with one attached hydrogen (secondary N) is 1. The number of benzene rings is 1. The number of fused-ring (bicyclic) bond motifs is 4. The van der Waals surface area contributed by atoms with Crippen molar-refractivity contribution in [1.29, 1.82) is 0 Å². The van der Waals surface area contributed by atoms with E-state index in [0.717, 1.165) is 0 Å². The second-order valence-corrected chi connectivity index (χ2v) is 5.64. The van der Waals surface area contributed by atoms with Gasteiger partial charge in [0.1, 0.15) is 18.3 Å². The van der Waals surface area contributed by atoms with E-state index >= 15 is 0 Å². The van der Waals surface area contributed by atoms with E-state index in [-0.39, 0.29) is 23.9 Å². The maximum atomic E-state index is 12.3. The van der Waals surface area contributed by atoms with Gasteiger partial charge in [0.25, 0.3) is 5.91 Å². The van der Waals surface area contributed by atoms with Gasteiger partial charge in [0, 0.05) is 12.7 Å². The lowest BCUT2D eigenvalue weighted by molar-refractivity contribution is -0.0672. The van der Waals surface area contributed by atoms with Crippen molar-refractivity contribution in [1.82, 2.24) is 5.32 Å². The highest BCUT2D eigenvalue weighted by molar-refractivity contribution is 6.07. The van der Waals surface area contributed by atoms with Gasteiger partial charge < -0.3 is 34.8 Å². The molecule has 1 aromatic rings. The van der Waals surface area contributed by atoms with Crippen molar-refractivity contribution in [3.8, 4) is 17.2 Å². The number of rotatable bonds is 1. The summed E-state index contributed by atoms with van der Waals surface area (Å²) in [6, 6.07) is 0.794. The monoisotopic (exact) mass is 321 g/mol. The van der Waals surface area contributed by atoms with E-state index in [2.05, 4.69) is 5.32 Å². The Morgan fingerprint density at radius 3 is 2.83 bits per heavy atom. The Morgan fingerprint density at radius 2 is 2.09 bits per heavy atom. The number of aliphatic hydroxyl groups excluding tert-OH is 2. The molecule has 0 fully saturated rings. The highest BCUT2D eigenvalue weighted by Gasteiger charge is 2.45. The third kappa shape index (κ3) is 1.86. The Bertz CT molecular complexity index is 729. The number of aliphatic hydroxyl groups is 2. The predicted octanol–water partition coefficient (Wildman–Crippen LogP) is -0.633. The van der Waals surface area contributed by atoms with Crippen LogP contribution in [0.15, 0.2) is 12.1 Å². The summed E-state index contributed by atoms with van der Waals surface area (Å²) in [5.41, 5.74) is 1.03. The normalized spacial score (nSPS) is 31.1. The zero-order valence-corrected chi connectivity index (χ0v) is 12.1. The molecule has 23 heavy (non-hydrogen) atoms. The van der Waals surface area contributed by atoms with Crippen LogP contribution in [0.3, 0.4) is 0 Å². The molecule has 4 atom stereocenters. The fourth-order valence-corrected chi connectivity index (χ4v) is 3.28. The number of phenolic OH excluding ortho intramolecular Hbond substituents is 1. The van der Waals surface area contributed by atoms with Crippen molar-refractivity contribution >= 4 is 11.5 Å². The van der Waals surface area contributed by atoms with Crippen LogP contribution in [0.25, 0.3) is 5.57 Å². The Hall–Kier alpha value is -2.29. The molecule has 3 aliphatic rings. The number of methoxy groups -OCH3 is 1. The summed E-state index contributed by atoms with van der Waals surface area (Å²) in [5.74, 6) is -0.413. The van der Waals surface area contributed by atoms with Crippen molar-refractivity contribution < 1.29 is 34.3 Å². The van der Waals surface area contributed by atoms with Crippen LogP contribution in [-0.4, -0.2) is 59.5 Å². The van der Waals surface area contributed by atoms with E-state index in [4.69, 9.17) is 14.2 Å². The molecule has 1 amide bonds. The van der Waals surface area contributed by atoms with E-state index in [0.29, 0.717) is 16.9 Å². The number of hydrogen-bond donors (Lipinski definition) is 4. The molecule has 8 heteroatoms. The Kier molecular flexibility index (Phi) is 3.02. The maximum Gasteiger partial charge on any atom is 0.256 e. The number of hydrogen-bond acceptors (Lipinski definition) is 7. The molecule has 122 valence electrons. The molecule has 1 aliphatic carbocycles. The molecule has 0 saturated heterocycles. The van der Waals surface area contributed by atoms with E-state index < -0.39 is 30.3 Å². The average Bonchev–Trinajstić information content (AvgIpc) is 3.00. The van der Waals surface area contributed by atoms with Crippen molar-refractivity contribution in [3.63, 3.8) is 0 Å². The summed E-state index contributed by atoms with van der Waals surface area (Å²) < 4.78 is 15.6. The van der Waals surface area contributed by atoms with Crippen LogP contribution in [0.4, 0.5) is 0 Å². The standard InChI is InChI=1S/C15H15NO7/c1-21-7-3-6-5-2-8-14(23-4-22-8)12(18)9(5)15(20)16-10(6)13(19)11(7)17/h2-3,7,10-11,13,17-19H,4H2,1H3,(H,16,20). The third-order valence-corrected chi connectivity index (χ3v) is 4.44. The van der Waals surface area contributed by atoms with Crippen LogP contribution in [0, 0.1) is 0 Å². The van der Waals surface area contributed by atoms with E-state index in [1.165, 1.54) is 7.11 Å². The molecule has 2 aliphatic heterocycles. The minimum atomic E-state index is -1.23. The molecule has 4 unspecified atom stereocenters. The van der Waals surface area contributed by atoms with Gasteiger partial charge in [0.2, 0.25) is 12.5 Å². The number of ether oxygens (including phenoxy) is 3.